The summed E-state index contributed by atoms with van der Waals surface area (Å²) in [6.45, 7) is 6.66. The average Bonchev–Trinajstić information content (AvgIpc) is 3.18. The number of hydrogen-bond acceptors (Lipinski definition) is 4. The van der Waals surface area contributed by atoms with Crippen LogP contribution < -0.4 is 5.32 Å². The Kier molecular flexibility index (Phi) is 9.57. The Morgan fingerprint density at radius 2 is 1.73 bits per heavy atom. The smallest absolute Gasteiger partial charge is 0.305 e. The van der Waals surface area contributed by atoms with Crippen molar-refractivity contribution in [1.82, 2.24) is 10.2 Å². The fraction of sp³-hybridized carbons (Fsp3) is 0.484. The first-order valence-corrected chi connectivity index (χ1v) is 14.8. The van der Waals surface area contributed by atoms with Gasteiger partial charge in [0, 0.05) is 27.7 Å². The maximum Gasteiger partial charge on any atom is 0.305 e. The second-order valence-corrected chi connectivity index (χ2v) is 12.1. The molecule has 2 aromatic carbocycles. The Balaban J connectivity index is 1.68. The van der Waals surface area contributed by atoms with E-state index in [0.29, 0.717) is 38.7 Å². The largest absolute Gasteiger partial charge is 0.481 e. The number of nitrogens with zero attached hydrogens (tertiary/aromatic N) is 2. The van der Waals surface area contributed by atoms with Gasteiger partial charge in [-0.3, -0.25) is 19.4 Å². The quantitative estimate of drug-likeness (QED) is 0.316. The van der Waals surface area contributed by atoms with Gasteiger partial charge >= 0.3 is 5.97 Å². The second kappa shape index (κ2) is 12.7. The van der Waals surface area contributed by atoms with Crippen molar-refractivity contribution in [1.29, 1.82) is 0 Å². The van der Waals surface area contributed by atoms with Gasteiger partial charge in [0.25, 0.3) is 11.8 Å². The molecule has 2 aromatic rings. The minimum absolute atomic E-state index is 0.0597. The van der Waals surface area contributed by atoms with Gasteiger partial charge in [0.15, 0.2) is 0 Å². The van der Waals surface area contributed by atoms with Crippen molar-refractivity contribution in [3.8, 4) is 0 Å². The lowest BCUT2D eigenvalue weighted by molar-refractivity contribution is -0.137. The van der Waals surface area contributed by atoms with Crippen LogP contribution in [-0.4, -0.2) is 45.7 Å². The van der Waals surface area contributed by atoms with E-state index in [1.54, 1.807) is 30.3 Å². The lowest BCUT2D eigenvalue weighted by Gasteiger charge is -2.46. The van der Waals surface area contributed by atoms with Gasteiger partial charge < -0.3 is 15.3 Å². The number of carboxylic acid groups (broad SMARTS) is 1. The van der Waals surface area contributed by atoms with Crippen LogP contribution in [0, 0.1) is 11.8 Å². The fourth-order valence-electron chi connectivity index (χ4n) is 6.00. The van der Waals surface area contributed by atoms with E-state index in [4.69, 9.17) is 33.3 Å². The molecule has 1 unspecified atom stereocenters. The Labute approximate surface area is 246 Å². The van der Waals surface area contributed by atoms with Gasteiger partial charge in [-0.05, 0) is 79.8 Å². The molecule has 1 spiro atoms. The van der Waals surface area contributed by atoms with Crippen LogP contribution in [0.25, 0.3) is 0 Å². The van der Waals surface area contributed by atoms with E-state index in [1.807, 2.05) is 17.0 Å². The van der Waals surface area contributed by atoms with Crippen LogP contribution >= 0.6 is 23.2 Å². The third-order valence-electron chi connectivity index (χ3n) is 8.16. The first-order chi connectivity index (χ1) is 19.0. The first-order valence-electron chi connectivity index (χ1n) is 14.0. The zero-order valence-corrected chi connectivity index (χ0v) is 24.8. The summed E-state index contributed by atoms with van der Waals surface area (Å²) < 4.78 is 0. The van der Waals surface area contributed by atoms with Crippen molar-refractivity contribution in [2.24, 2.45) is 16.8 Å². The average molecular weight is 587 g/mol. The van der Waals surface area contributed by atoms with E-state index in [0.717, 1.165) is 44.1 Å². The summed E-state index contributed by atoms with van der Waals surface area (Å²) in [6, 6.07) is 12.1. The molecule has 1 heterocycles. The number of amides is 2. The van der Waals surface area contributed by atoms with E-state index in [2.05, 4.69) is 26.1 Å². The summed E-state index contributed by atoms with van der Waals surface area (Å²) in [7, 11) is 0. The molecule has 1 atom stereocenters. The van der Waals surface area contributed by atoms with Crippen molar-refractivity contribution in [3.63, 3.8) is 0 Å². The number of nitrogens with one attached hydrogen (secondary N) is 1. The molecule has 0 bridgehead atoms. The van der Waals surface area contributed by atoms with Crippen molar-refractivity contribution in [2.75, 3.05) is 6.54 Å². The van der Waals surface area contributed by atoms with Gasteiger partial charge in [0.2, 0.25) is 0 Å². The predicted octanol–water partition coefficient (Wildman–Crippen LogP) is 6.91. The molecule has 4 rings (SSSR count). The molecule has 0 aromatic heterocycles. The molecule has 40 heavy (non-hydrogen) atoms. The Morgan fingerprint density at radius 3 is 2.27 bits per heavy atom. The van der Waals surface area contributed by atoms with E-state index in [1.165, 1.54) is 0 Å². The summed E-state index contributed by atoms with van der Waals surface area (Å²) >= 11 is 12.6. The highest BCUT2D eigenvalue weighted by atomic mass is 35.5. The number of carboxylic acids is 1. The summed E-state index contributed by atoms with van der Waals surface area (Å²) in [5.74, 6) is -0.268. The van der Waals surface area contributed by atoms with Crippen LogP contribution in [0.2, 0.25) is 10.0 Å². The number of aliphatic carboxylic acids is 1. The van der Waals surface area contributed by atoms with Crippen molar-refractivity contribution in [3.05, 3.63) is 69.2 Å². The molecule has 9 heteroatoms. The normalized spacial score (nSPS) is 21.6. The molecule has 2 aliphatic rings. The monoisotopic (exact) mass is 585 g/mol. The molecule has 0 radical (unpaired) electrons. The number of hydrogen-bond donors (Lipinski definition) is 2. The van der Waals surface area contributed by atoms with Crippen LogP contribution in [0.4, 0.5) is 0 Å². The highest BCUT2D eigenvalue weighted by Gasteiger charge is 2.52. The van der Waals surface area contributed by atoms with Crippen LogP contribution in [0.3, 0.4) is 0 Å². The second-order valence-electron chi connectivity index (χ2n) is 11.2. The standard InChI is InChI=1S/C31H37Cl2N3O4/c1-4-5-26(21-6-8-22(9-7-21)29(39)34-15-12-27(37)38)36-30(40)28(23-16-24(32)18-25(33)17-23)35-31(36)13-10-20(11-14-31)19(2)3/h6-9,16-20,26H,4-5,10-15H2,1-3H3,(H,34,39)(H,37,38). The number of halogens is 2. The Bertz CT molecular complexity index is 1260. The van der Waals surface area contributed by atoms with Gasteiger partial charge in [-0.25, -0.2) is 0 Å². The van der Waals surface area contributed by atoms with Crippen molar-refractivity contribution < 1.29 is 19.5 Å². The molecule has 1 fully saturated rings. The van der Waals surface area contributed by atoms with Crippen molar-refractivity contribution >= 4 is 46.7 Å². The van der Waals surface area contributed by atoms with Gasteiger partial charge in [-0.2, -0.15) is 0 Å². The lowest BCUT2D eigenvalue weighted by atomic mass is 9.76. The highest BCUT2D eigenvalue weighted by Crippen LogP contribution is 2.48. The molecule has 1 aliphatic carbocycles. The molecule has 214 valence electrons. The maximum atomic E-state index is 14.3. The number of carbonyl (C=O) groups is 3. The molecule has 7 nitrogen and oxygen atoms in total. The minimum Gasteiger partial charge on any atom is -0.481 e. The zero-order valence-electron chi connectivity index (χ0n) is 23.3. The van der Waals surface area contributed by atoms with E-state index < -0.39 is 11.6 Å². The summed E-state index contributed by atoms with van der Waals surface area (Å²) in [6.07, 6.45) is 5.00. The molecule has 2 amide bonds. The SMILES string of the molecule is CCCC(c1ccc(C(=O)NCCC(=O)O)cc1)N1C(=O)C(c2cc(Cl)cc(Cl)c2)=NC12CCC(C(C)C)CC2. The lowest BCUT2D eigenvalue weighted by Crippen LogP contribution is -2.51. The molecular formula is C31H37Cl2N3O4. The molecular weight excluding hydrogens is 549 g/mol. The van der Waals surface area contributed by atoms with Gasteiger partial charge in [0.05, 0.1) is 12.5 Å². The number of carbonyl (C=O) groups excluding carboxylic acids is 2. The van der Waals surface area contributed by atoms with E-state index in [-0.39, 0.29) is 30.8 Å². The van der Waals surface area contributed by atoms with E-state index in [9.17, 15) is 14.4 Å². The van der Waals surface area contributed by atoms with Gasteiger partial charge in [0.1, 0.15) is 11.4 Å². The molecule has 1 saturated carbocycles. The van der Waals surface area contributed by atoms with E-state index >= 15 is 0 Å². The molecule has 0 saturated heterocycles. The molecule has 2 N–H and O–H groups in total. The van der Waals surface area contributed by atoms with Crippen LogP contribution in [0.5, 0.6) is 0 Å². The van der Waals surface area contributed by atoms with Crippen LogP contribution in [-0.2, 0) is 9.59 Å². The Morgan fingerprint density at radius 1 is 1.10 bits per heavy atom. The minimum atomic E-state index is -0.966. The summed E-state index contributed by atoms with van der Waals surface area (Å²) in [4.78, 5) is 44.7. The predicted molar refractivity (Wildman–Crippen MR) is 158 cm³/mol. The van der Waals surface area contributed by atoms with Crippen molar-refractivity contribution in [2.45, 2.75) is 77.4 Å². The van der Waals surface area contributed by atoms with Gasteiger partial charge in [-0.1, -0.05) is 62.5 Å². The number of aliphatic imine (C=N–C) groups is 1. The summed E-state index contributed by atoms with van der Waals surface area (Å²) in [5.41, 5.74) is 1.74. The first kappa shape index (κ1) is 30.1. The van der Waals surface area contributed by atoms with Gasteiger partial charge in [-0.15, -0.1) is 0 Å². The summed E-state index contributed by atoms with van der Waals surface area (Å²) in [5, 5.41) is 12.4. The maximum absolute atomic E-state index is 14.3. The number of rotatable bonds is 10. The third kappa shape index (κ3) is 6.52. The fourth-order valence-corrected chi connectivity index (χ4v) is 6.53. The van der Waals surface area contributed by atoms with Crippen LogP contribution in [0.15, 0.2) is 47.5 Å². The van der Waals surface area contributed by atoms with Crippen LogP contribution in [0.1, 0.15) is 93.2 Å². The molecule has 1 aliphatic heterocycles. The third-order valence-corrected chi connectivity index (χ3v) is 8.59. The topological polar surface area (TPSA) is 99.1 Å². The zero-order chi connectivity index (χ0) is 29.0. The highest BCUT2D eigenvalue weighted by molar-refractivity contribution is 6.47. The number of benzene rings is 2. The Hall–Kier alpha value is -2.90.